The topological polar surface area (TPSA) is 15.3 Å². The Balaban J connectivity index is 1.71. The van der Waals surface area contributed by atoms with Crippen LogP contribution in [0.1, 0.15) is 31.2 Å². The third kappa shape index (κ3) is 3.80. The second-order valence-corrected chi connectivity index (χ2v) is 5.94. The lowest BCUT2D eigenvalue weighted by Crippen LogP contribution is -2.40. The Kier molecular flexibility index (Phi) is 5.01. The molecule has 2 nitrogen and oxygen atoms in total. The summed E-state index contributed by atoms with van der Waals surface area (Å²) < 4.78 is 0. The van der Waals surface area contributed by atoms with Gasteiger partial charge in [-0.3, -0.25) is 0 Å². The fourth-order valence-electron chi connectivity index (χ4n) is 2.73. The predicted octanol–water partition coefficient (Wildman–Crippen LogP) is 2.75. The van der Waals surface area contributed by atoms with Crippen LogP contribution >= 0.6 is 11.3 Å². The summed E-state index contributed by atoms with van der Waals surface area (Å²) in [5.74, 6) is 0. The van der Waals surface area contributed by atoms with Crippen LogP contribution in [0.4, 0.5) is 0 Å². The Morgan fingerprint density at radius 2 is 2.12 bits per heavy atom. The minimum Gasteiger partial charge on any atom is -0.317 e. The number of thiophene rings is 1. The minimum absolute atomic E-state index is 0.761. The molecule has 3 heteroatoms. The number of likely N-dealkylation sites (N-methyl/N-ethyl adjacent to an activating group) is 1. The summed E-state index contributed by atoms with van der Waals surface area (Å²) in [7, 11) is 4.38. The highest BCUT2D eigenvalue weighted by Gasteiger charge is 2.22. The van der Waals surface area contributed by atoms with Gasteiger partial charge in [0.05, 0.1) is 0 Å². The van der Waals surface area contributed by atoms with Gasteiger partial charge < -0.3 is 10.2 Å². The van der Waals surface area contributed by atoms with E-state index >= 15 is 0 Å². The smallest absolute Gasteiger partial charge is 0.00934 e. The monoisotopic (exact) mass is 252 g/mol. The SMILES string of the molecule is CNC1CCC(N(C)CCc2ccsc2)CC1. The average molecular weight is 252 g/mol. The lowest BCUT2D eigenvalue weighted by molar-refractivity contribution is 0.178. The summed E-state index contributed by atoms with van der Waals surface area (Å²) in [6.07, 6.45) is 6.58. The molecule has 1 aromatic heterocycles. The van der Waals surface area contributed by atoms with Gasteiger partial charge in [0.1, 0.15) is 0 Å². The summed E-state index contributed by atoms with van der Waals surface area (Å²) in [6.45, 7) is 1.20. The van der Waals surface area contributed by atoms with Crippen LogP contribution in [0.3, 0.4) is 0 Å². The van der Waals surface area contributed by atoms with Crippen molar-refractivity contribution in [1.29, 1.82) is 0 Å². The van der Waals surface area contributed by atoms with E-state index in [9.17, 15) is 0 Å². The summed E-state index contributed by atoms with van der Waals surface area (Å²) in [5.41, 5.74) is 1.49. The molecule has 1 aliphatic rings. The molecule has 0 aliphatic heterocycles. The molecule has 0 unspecified atom stereocenters. The molecule has 1 heterocycles. The van der Waals surface area contributed by atoms with Crippen LogP contribution in [-0.2, 0) is 6.42 Å². The van der Waals surface area contributed by atoms with Crippen LogP contribution in [0.5, 0.6) is 0 Å². The Labute approximate surface area is 109 Å². The largest absolute Gasteiger partial charge is 0.317 e. The highest BCUT2D eigenvalue weighted by Crippen LogP contribution is 2.22. The van der Waals surface area contributed by atoms with Crippen molar-refractivity contribution in [3.63, 3.8) is 0 Å². The van der Waals surface area contributed by atoms with Gasteiger partial charge in [0.15, 0.2) is 0 Å². The van der Waals surface area contributed by atoms with Gasteiger partial charge in [-0.25, -0.2) is 0 Å². The first-order valence-corrected chi connectivity index (χ1v) is 7.62. The standard InChI is InChI=1S/C14H24N2S/c1-15-13-3-5-14(6-4-13)16(2)9-7-12-8-10-17-11-12/h8,10-11,13-15H,3-7,9H2,1-2H3. The van der Waals surface area contributed by atoms with Gasteiger partial charge in [0, 0.05) is 18.6 Å². The zero-order valence-corrected chi connectivity index (χ0v) is 11.8. The van der Waals surface area contributed by atoms with Gasteiger partial charge in [-0.05, 0) is 68.6 Å². The van der Waals surface area contributed by atoms with E-state index in [2.05, 4.69) is 41.1 Å². The first kappa shape index (κ1) is 13.1. The molecule has 0 saturated heterocycles. The summed E-state index contributed by atoms with van der Waals surface area (Å²) in [5, 5.41) is 7.84. The minimum atomic E-state index is 0.761. The van der Waals surface area contributed by atoms with Gasteiger partial charge in [0.25, 0.3) is 0 Å². The van der Waals surface area contributed by atoms with E-state index in [0.29, 0.717) is 0 Å². The van der Waals surface area contributed by atoms with Crippen LogP contribution in [-0.4, -0.2) is 37.6 Å². The first-order chi connectivity index (χ1) is 8.29. The number of hydrogen-bond donors (Lipinski definition) is 1. The van der Waals surface area contributed by atoms with E-state index in [1.807, 2.05) is 0 Å². The van der Waals surface area contributed by atoms with Crippen LogP contribution in [0, 0.1) is 0 Å². The highest BCUT2D eigenvalue weighted by atomic mass is 32.1. The van der Waals surface area contributed by atoms with Crippen molar-refractivity contribution in [2.45, 2.75) is 44.2 Å². The summed E-state index contributed by atoms with van der Waals surface area (Å²) in [6, 6.07) is 3.81. The Morgan fingerprint density at radius 1 is 1.35 bits per heavy atom. The molecule has 1 saturated carbocycles. The predicted molar refractivity (Wildman–Crippen MR) is 75.8 cm³/mol. The molecule has 17 heavy (non-hydrogen) atoms. The Bertz CT molecular complexity index is 302. The zero-order valence-electron chi connectivity index (χ0n) is 11.0. The van der Waals surface area contributed by atoms with Crippen LogP contribution in [0.2, 0.25) is 0 Å². The summed E-state index contributed by atoms with van der Waals surface area (Å²) in [4.78, 5) is 2.56. The average Bonchev–Trinajstić information content (AvgIpc) is 2.89. The number of rotatable bonds is 5. The zero-order chi connectivity index (χ0) is 12.1. The fraction of sp³-hybridized carbons (Fsp3) is 0.714. The molecule has 2 rings (SSSR count). The number of nitrogens with zero attached hydrogens (tertiary/aromatic N) is 1. The number of nitrogens with one attached hydrogen (secondary N) is 1. The van der Waals surface area contributed by atoms with E-state index in [4.69, 9.17) is 0 Å². The van der Waals surface area contributed by atoms with Gasteiger partial charge in [-0.15, -0.1) is 0 Å². The second-order valence-electron chi connectivity index (χ2n) is 5.16. The fourth-order valence-corrected chi connectivity index (χ4v) is 3.43. The molecule has 0 aromatic carbocycles. The molecular weight excluding hydrogens is 228 g/mol. The van der Waals surface area contributed by atoms with Crippen LogP contribution in [0.15, 0.2) is 16.8 Å². The van der Waals surface area contributed by atoms with E-state index in [1.165, 1.54) is 44.2 Å². The summed E-state index contributed by atoms with van der Waals surface area (Å²) >= 11 is 1.80. The van der Waals surface area contributed by atoms with Crippen LogP contribution in [0.25, 0.3) is 0 Å². The van der Waals surface area contributed by atoms with E-state index in [0.717, 1.165) is 12.1 Å². The maximum absolute atomic E-state index is 3.40. The van der Waals surface area contributed by atoms with Crippen molar-refractivity contribution in [3.05, 3.63) is 22.4 Å². The molecule has 0 atom stereocenters. The molecular formula is C14H24N2S. The van der Waals surface area contributed by atoms with Crippen molar-refractivity contribution < 1.29 is 0 Å². The Hall–Kier alpha value is -0.380. The normalized spacial score (nSPS) is 25.4. The highest BCUT2D eigenvalue weighted by molar-refractivity contribution is 7.07. The third-order valence-electron chi connectivity index (χ3n) is 4.06. The maximum atomic E-state index is 3.40. The van der Waals surface area contributed by atoms with Crippen LogP contribution < -0.4 is 5.32 Å². The van der Waals surface area contributed by atoms with E-state index in [1.54, 1.807) is 11.3 Å². The molecule has 1 fully saturated rings. The molecule has 0 radical (unpaired) electrons. The van der Waals surface area contributed by atoms with Gasteiger partial charge >= 0.3 is 0 Å². The van der Waals surface area contributed by atoms with Gasteiger partial charge in [-0.1, -0.05) is 0 Å². The molecule has 1 N–H and O–H groups in total. The molecule has 0 amide bonds. The third-order valence-corrected chi connectivity index (χ3v) is 4.79. The molecule has 0 spiro atoms. The van der Waals surface area contributed by atoms with Gasteiger partial charge in [0.2, 0.25) is 0 Å². The molecule has 1 aliphatic carbocycles. The molecule has 96 valence electrons. The van der Waals surface area contributed by atoms with Crippen molar-refractivity contribution >= 4 is 11.3 Å². The van der Waals surface area contributed by atoms with Crippen molar-refractivity contribution in [2.24, 2.45) is 0 Å². The first-order valence-electron chi connectivity index (χ1n) is 6.68. The maximum Gasteiger partial charge on any atom is 0.00934 e. The quantitative estimate of drug-likeness (QED) is 0.867. The Morgan fingerprint density at radius 3 is 2.71 bits per heavy atom. The second kappa shape index (κ2) is 6.53. The van der Waals surface area contributed by atoms with Gasteiger partial charge in [-0.2, -0.15) is 11.3 Å². The van der Waals surface area contributed by atoms with E-state index in [-0.39, 0.29) is 0 Å². The lowest BCUT2D eigenvalue weighted by Gasteiger charge is -2.34. The molecule has 0 bridgehead atoms. The van der Waals surface area contributed by atoms with Crippen molar-refractivity contribution in [1.82, 2.24) is 10.2 Å². The van der Waals surface area contributed by atoms with Crippen molar-refractivity contribution in [3.8, 4) is 0 Å². The van der Waals surface area contributed by atoms with E-state index < -0.39 is 0 Å². The lowest BCUT2D eigenvalue weighted by atomic mass is 9.90. The van der Waals surface area contributed by atoms with Crippen molar-refractivity contribution in [2.75, 3.05) is 20.6 Å². The number of hydrogen-bond acceptors (Lipinski definition) is 3. The molecule has 1 aromatic rings.